The fraction of sp³-hybridized carbons (Fsp3) is 0.240. The molecule has 2 aliphatic rings. The Bertz CT molecular complexity index is 1290. The number of rotatable bonds is 5. The molecule has 1 fully saturated rings. The Hall–Kier alpha value is -3.30. The zero-order valence-corrected chi connectivity index (χ0v) is 19.7. The van der Waals surface area contributed by atoms with Crippen molar-refractivity contribution in [2.24, 2.45) is 0 Å². The molecule has 3 aromatic carbocycles. The average molecular weight is 526 g/mol. The summed E-state index contributed by atoms with van der Waals surface area (Å²) in [6.07, 6.45) is 0. The molecule has 4 atom stereocenters. The lowest BCUT2D eigenvalue weighted by Gasteiger charge is -2.25. The van der Waals surface area contributed by atoms with Gasteiger partial charge in [-0.1, -0.05) is 36.4 Å². The van der Waals surface area contributed by atoms with Crippen LogP contribution in [-0.2, 0) is 16.9 Å². The van der Waals surface area contributed by atoms with E-state index in [1.807, 2.05) is 6.92 Å². The van der Waals surface area contributed by atoms with Crippen molar-refractivity contribution < 1.29 is 18.8 Å². The number of nitro groups is 1. The summed E-state index contributed by atoms with van der Waals surface area (Å²) in [5.74, 6) is -0.731. The molecule has 5 rings (SSSR count). The molecule has 3 aromatic rings. The molecule has 174 valence electrons. The standard InChI is InChI=1S/C25H21BrFN3O4/c1-14-22(16-8-11-21(19(26)12-16)34-13-15-6-9-17(27)10-7-15)23(30(32)33)25(29-14)18-4-2-3-5-20(18)28-24(25)31/h2-12,14,22-23,29H,13H2,1H3,(H,28,31)/t14-,22-,23+,25-/m0/s1. The molecule has 1 spiro atoms. The van der Waals surface area contributed by atoms with Gasteiger partial charge < -0.3 is 10.1 Å². The van der Waals surface area contributed by atoms with Crippen molar-refractivity contribution in [2.45, 2.75) is 37.1 Å². The average Bonchev–Trinajstić information content (AvgIpc) is 3.28. The molecule has 1 amide bonds. The van der Waals surface area contributed by atoms with E-state index in [9.17, 15) is 19.3 Å². The first-order chi connectivity index (χ1) is 16.3. The first-order valence-corrected chi connectivity index (χ1v) is 11.6. The predicted molar refractivity (Wildman–Crippen MR) is 128 cm³/mol. The highest BCUT2D eigenvalue weighted by Crippen LogP contribution is 2.50. The van der Waals surface area contributed by atoms with Crippen LogP contribution < -0.4 is 15.4 Å². The molecule has 0 saturated carbocycles. The first kappa shape index (κ1) is 22.5. The van der Waals surface area contributed by atoms with Crippen LogP contribution in [0.4, 0.5) is 10.1 Å². The van der Waals surface area contributed by atoms with E-state index in [2.05, 4.69) is 26.6 Å². The molecule has 1 saturated heterocycles. The number of hydrogen-bond donors (Lipinski definition) is 2. The van der Waals surface area contributed by atoms with E-state index in [0.29, 0.717) is 21.5 Å². The molecule has 0 aliphatic carbocycles. The maximum absolute atomic E-state index is 13.1. The summed E-state index contributed by atoms with van der Waals surface area (Å²) in [6.45, 7) is 2.11. The second-order valence-electron chi connectivity index (χ2n) is 8.60. The van der Waals surface area contributed by atoms with Gasteiger partial charge in [-0.05, 0) is 64.3 Å². The number of nitrogens with one attached hydrogen (secondary N) is 2. The molecule has 0 unspecified atom stereocenters. The molecule has 9 heteroatoms. The Balaban J connectivity index is 1.46. The van der Waals surface area contributed by atoms with E-state index in [1.54, 1.807) is 54.6 Å². The maximum atomic E-state index is 13.1. The van der Waals surface area contributed by atoms with Gasteiger partial charge in [0.1, 0.15) is 18.2 Å². The lowest BCUT2D eigenvalue weighted by atomic mass is 9.78. The van der Waals surface area contributed by atoms with Crippen molar-refractivity contribution in [3.8, 4) is 5.75 Å². The van der Waals surface area contributed by atoms with Gasteiger partial charge in [-0.15, -0.1) is 0 Å². The minimum atomic E-state index is -1.45. The van der Waals surface area contributed by atoms with Crippen molar-refractivity contribution in [1.29, 1.82) is 0 Å². The predicted octanol–water partition coefficient (Wildman–Crippen LogP) is 4.74. The van der Waals surface area contributed by atoms with Crippen LogP contribution in [-0.4, -0.2) is 22.9 Å². The van der Waals surface area contributed by atoms with E-state index < -0.39 is 23.4 Å². The summed E-state index contributed by atoms with van der Waals surface area (Å²) in [7, 11) is 0. The van der Waals surface area contributed by atoms with Crippen LogP contribution in [0.25, 0.3) is 0 Å². The van der Waals surface area contributed by atoms with Crippen molar-refractivity contribution in [3.63, 3.8) is 0 Å². The number of fused-ring (bicyclic) bond motifs is 2. The Labute approximate surface area is 203 Å². The SMILES string of the molecule is C[C@@H]1N[C@]2(C(=O)Nc3ccccc32)[C@H]([N+](=O)[O-])[C@@H]1c1ccc(OCc2ccc(F)cc2)c(Br)c1. The van der Waals surface area contributed by atoms with E-state index in [1.165, 1.54) is 12.1 Å². The van der Waals surface area contributed by atoms with Gasteiger partial charge in [0.25, 0.3) is 11.9 Å². The van der Waals surface area contributed by atoms with Crippen molar-refractivity contribution in [2.75, 3.05) is 5.32 Å². The third-order valence-electron chi connectivity index (χ3n) is 6.61. The second-order valence-corrected chi connectivity index (χ2v) is 9.46. The van der Waals surface area contributed by atoms with Crippen LogP contribution in [0.2, 0.25) is 0 Å². The van der Waals surface area contributed by atoms with Crippen LogP contribution in [0.5, 0.6) is 5.75 Å². The molecule has 0 aromatic heterocycles. The first-order valence-electron chi connectivity index (χ1n) is 10.8. The number of nitrogens with zero attached hydrogens (tertiary/aromatic N) is 1. The van der Waals surface area contributed by atoms with Crippen molar-refractivity contribution >= 4 is 27.5 Å². The Morgan fingerprint density at radius 1 is 1.15 bits per heavy atom. The summed E-state index contributed by atoms with van der Waals surface area (Å²) in [5, 5.41) is 18.5. The fourth-order valence-electron chi connectivity index (χ4n) is 5.14. The van der Waals surface area contributed by atoms with Gasteiger partial charge in [0, 0.05) is 22.2 Å². The van der Waals surface area contributed by atoms with Gasteiger partial charge in [0.05, 0.1) is 10.4 Å². The normalized spacial score (nSPS) is 25.3. The monoisotopic (exact) mass is 525 g/mol. The zero-order valence-electron chi connectivity index (χ0n) is 18.1. The summed E-state index contributed by atoms with van der Waals surface area (Å²) >= 11 is 3.51. The lowest BCUT2D eigenvalue weighted by Crippen LogP contribution is -2.54. The molecular weight excluding hydrogens is 505 g/mol. The third kappa shape index (κ3) is 3.56. The number of carbonyl (C=O) groups is 1. The number of hydrogen-bond acceptors (Lipinski definition) is 5. The van der Waals surface area contributed by atoms with Crippen LogP contribution in [0.15, 0.2) is 71.2 Å². The summed E-state index contributed by atoms with van der Waals surface area (Å²) in [4.78, 5) is 25.2. The minimum absolute atomic E-state index is 0.247. The van der Waals surface area contributed by atoms with Crippen molar-refractivity contribution in [1.82, 2.24) is 5.32 Å². The number of carbonyl (C=O) groups excluding carboxylic acids is 1. The van der Waals surface area contributed by atoms with Crippen LogP contribution in [0.3, 0.4) is 0 Å². The van der Waals surface area contributed by atoms with E-state index in [0.717, 1.165) is 11.1 Å². The summed E-state index contributed by atoms with van der Waals surface area (Å²) < 4.78 is 19.6. The molecule has 34 heavy (non-hydrogen) atoms. The number of ether oxygens (including phenoxy) is 1. The molecule has 0 bridgehead atoms. The van der Waals surface area contributed by atoms with Crippen LogP contribution >= 0.6 is 15.9 Å². The number of amides is 1. The van der Waals surface area contributed by atoms with Gasteiger partial charge in [0.15, 0.2) is 5.54 Å². The Morgan fingerprint density at radius 2 is 1.88 bits per heavy atom. The van der Waals surface area contributed by atoms with Gasteiger partial charge in [-0.25, -0.2) is 4.39 Å². The lowest BCUT2D eigenvalue weighted by molar-refractivity contribution is -0.532. The minimum Gasteiger partial charge on any atom is -0.488 e. The fourth-order valence-corrected chi connectivity index (χ4v) is 5.65. The van der Waals surface area contributed by atoms with Crippen LogP contribution in [0.1, 0.15) is 29.5 Å². The number of anilines is 1. The molecule has 0 radical (unpaired) electrons. The van der Waals surface area contributed by atoms with Gasteiger partial charge in [-0.2, -0.15) is 0 Å². The highest BCUT2D eigenvalue weighted by Gasteiger charge is 2.67. The topological polar surface area (TPSA) is 93.5 Å². The smallest absolute Gasteiger partial charge is 0.256 e. The summed E-state index contributed by atoms with van der Waals surface area (Å²) in [5.41, 5.74) is 1.26. The molecule has 2 heterocycles. The highest BCUT2D eigenvalue weighted by atomic mass is 79.9. The van der Waals surface area contributed by atoms with Crippen molar-refractivity contribution in [3.05, 3.63) is 104 Å². The van der Waals surface area contributed by atoms with Gasteiger partial charge in [0.2, 0.25) is 0 Å². The van der Waals surface area contributed by atoms with E-state index in [4.69, 9.17) is 4.74 Å². The van der Waals surface area contributed by atoms with E-state index in [-0.39, 0.29) is 23.4 Å². The van der Waals surface area contributed by atoms with Gasteiger partial charge in [-0.3, -0.25) is 20.2 Å². The van der Waals surface area contributed by atoms with E-state index >= 15 is 0 Å². The number of benzene rings is 3. The largest absolute Gasteiger partial charge is 0.488 e. The Kier molecular flexibility index (Phi) is 5.61. The van der Waals surface area contributed by atoms with Gasteiger partial charge >= 0.3 is 0 Å². The maximum Gasteiger partial charge on any atom is 0.256 e. The molecule has 7 nitrogen and oxygen atoms in total. The molecular formula is C25H21BrFN3O4. The van der Waals surface area contributed by atoms with Crippen LogP contribution in [0, 0.1) is 15.9 Å². The number of para-hydroxylation sites is 1. The quantitative estimate of drug-likeness (QED) is 0.370. The summed E-state index contributed by atoms with van der Waals surface area (Å²) in [6, 6.07) is 16.9. The highest BCUT2D eigenvalue weighted by molar-refractivity contribution is 9.10. The number of halogens is 2. The second kappa shape index (κ2) is 8.48. The zero-order chi connectivity index (χ0) is 24.0. The third-order valence-corrected chi connectivity index (χ3v) is 7.23. The molecule has 2 N–H and O–H groups in total. The Morgan fingerprint density at radius 3 is 2.59 bits per heavy atom. The molecule has 2 aliphatic heterocycles.